The number of hydrogen-bond acceptors (Lipinski definition) is 6. The molecule has 1 atom stereocenters. The number of carbonyl (C=O) groups is 1. The van der Waals surface area contributed by atoms with E-state index in [2.05, 4.69) is 78.4 Å². The molecule has 192 valence electrons. The zero-order valence-corrected chi connectivity index (χ0v) is 22.7. The van der Waals surface area contributed by atoms with Gasteiger partial charge in [-0.3, -0.25) is 9.69 Å². The summed E-state index contributed by atoms with van der Waals surface area (Å²) in [6.07, 6.45) is 4.11. The van der Waals surface area contributed by atoms with Gasteiger partial charge in [0.1, 0.15) is 5.82 Å². The number of likely N-dealkylation sites (tertiary alicyclic amines) is 1. The molecule has 0 amide bonds. The van der Waals surface area contributed by atoms with Crippen molar-refractivity contribution in [1.29, 1.82) is 0 Å². The maximum absolute atomic E-state index is 14.0. The Morgan fingerprint density at radius 3 is 2.43 bits per heavy atom. The molecular formula is C31H35N3O2S. The number of pyridine rings is 1. The van der Waals surface area contributed by atoms with E-state index in [-0.39, 0.29) is 11.8 Å². The van der Waals surface area contributed by atoms with E-state index in [1.54, 1.807) is 11.8 Å². The van der Waals surface area contributed by atoms with Gasteiger partial charge in [-0.25, -0.2) is 4.98 Å². The summed E-state index contributed by atoms with van der Waals surface area (Å²) >= 11 is 1.73. The summed E-state index contributed by atoms with van der Waals surface area (Å²) < 4.78 is 5.52. The van der Waals surface area contributed by atoms with Crippen LogP contribution in [0.1, 0.15) is 36.7 Å². The monoisotopic (exact) mass is 513 g/mol. The van der Waals surface area contributed by atoms with Crippen molar-refractivity contribution in [2.24, 2.45) is 5.41 Å². The number of aromatic nitrogens is 1. The molecule has 3 heterocycles. The Morgan fingerprint density at radius 1 is 1.00 bits per heavy atom. The standard InChI is InChI=1S/C31H35N3O2S/c1-31(2)22-34(21-23-8-5-4-6-9-23)29(24-12-14-26(37-3)15-13-24)27(30(31)35)20-25-10-7-11-28(32-25)33-16-18-36-19-17-33/h4-15,20,29H,16-19,21-22H2,1-3H3. The van der Waals surface area contributed by atoms with Crippen LogP contribution in [0.2, 0.25) is 0 Å². The number of nitrogens with zero attached hydrogens (tertiary/aromatic N) is 3. The molecule has 0 bridgehead atoms. The number of rotatable bonds is 6. The highest BCUT2D eigenvalue weighted by molar-refractivity contribution is 7.98. The molecule has 5 rings (SSSR count). The van der Waals surface area contributed by atoms with Crippen molar-refractivity contribution in [2.75, 3.05) is 44.0 Å². The zero-order valence-electron chi connectivity index (χ0n) is 21.9. The number of carbonyl (C=O) groups excluding carboxylic acids is 1. The molecule has 0 spiro atoms. The zero-order chi connectivity index (χ0) is 25.8. The van der Waals surface area contributed by atoms with Gasteiger partial charge in [0.05, 0.1) is 24.9 Å². The van der Waals surface area contributed by atoms with E-state index in [0.29, 0.717) is 19.8 Å². The molecule has 0 aliphatic carbocycles. The maximum atomic E-state index is 14.0. The van der Waals surface area contributed by atoms with Crippen molar-refractivity contribution >= 4 is 29.4 Å². The van der Waals surface area contributed by atoms with Gasteiger partial charge < -0.3 is 9.64 Å². The highest BCUT2D eigenvalue weighted by Gasteiger charge is 2.44. The lowest BCUT2D eigenvalue weighted by Gasteiger charge is -2.44. The van der Waals surface area contributed by atoms with Gasteiger partial charge in [-0.05, 0) is 47.7 Å². The molecule has 2 saturated heterocycles. The van der Waals surface area contributed by atoms with E-state index < -0.39 is 5.41 Å². The van der Waals surface area contributed by atoms with Crippen LogP contribution in [0, 0.1) is 5.41 Å². The summed E-state index contributed by atoms with van der Waals surface area (Å²) in [6, 6.07) is 25.1. The Balaban J connectivity index is 1.58. The van der Waals surface area contributed by atoms with Crippen molar-refractivity contribution in [1.82, 2.24) is 9.88 Å². The second-order valence-electron chi connectivity index (χ2n) is 10.4. The predicted octanol–water partition coefficient (Wildman–Crippen LogP) is 5.88. The van der Waals surface area contributed by atoms with Crippen LogP contribution in [-0.4, -0.2) is 54.8 Å². The van der Waals surface area contributed by atoms with Crippen LogP contribution in [0.3, 0.4) is 0 Å². The topological polar surface area (TPSA) is 45.7 Å². The first-order chi connectivity index (χ1) is 17.9. The molecule has 6 heteroatoms. The Labute approximate surface area is 224 Å². The highest BCUT2D eigenvalue weighted by atomic mass is 32.2. The largest absolute Gasteiger partial charge is 0.378 e. The Bertz CT molecular complexity index is 1250. The second kappa shape index (κ2) is 11.2. The first-order valence-corrected chi connectivity index (χ1v) is 14.2. The first kappa shape index (κ1) is 25.7. The fourth-order valence-electron chi connectivity index (χ4n) is 5.32. The number of anilines is 1. The molecule has 37 heavy (non-hydrogen) atoms. The van der Waals surface area contributed by atoms with Gasteiger partial charge in [-0.1, -0.05) is 62.4 Å². The van der Waals surface area contributed by atoms with Crippen molar-refractivity contribution in [3.63, 3.8) is 0 Å². The fraction of sp³-hybridized carbons (Fsp3) is 0.355. The van der Waals surface area contributed by atoms with Gasteiger partial charge >= 0.3 is 0 Å². The number of ether oxygens (including phenoxy) is 1. The van der Waals surface area contributed by atoms with Crippen molar-refractivity contribution in [3.8, 4) is 0 Å². The van der Waals surface area contributed by atoms with Crippen molar-refractivity contribution < 1.29 is 9.53 Å². The molecule has 3 aromatic rings. The molecule has 0 radical (unpaired) electrons. The van der Waals surface area contributed by atoms with Crippen LogP contribution < -0.4 is 4.90 Å². The molecule has 2 aromatic carbocycles. The summed E-state index contributed by atoms with van der Waals surface area (Å²) in [7, 11) is 0. The Hall–Kier alpha value is -2.93. The van der Waals surface area contributed by atoms with Crippen LogP contribution in [0.5, 0.6) is 0 Å². The minimum absolute atomic E-state index is 0.148. The summed E-state index contributed by atoms with van der Waals surface area (Å²) in [6.45, 7) is 8.66. The number of Topliss-reactive ketones (excluding diaryl/α,β-unsaturated/α-hetero) is 1. The normalized spacial score (nSPS) is 21.4. The van der Waals surface area contributed by atoms with E-state index in [1.807, 2.05) is 30.3 Å². The molecular weight excluding hydrogens is 478 g/mol. The third-order valence-corrected chi connectivity index (χ3v) is 7.93. The van der Waals surface area contributed by atoms with Crippen LogP contribution in [0.25, 0.3) is 6.08 Å². The number of hydrogen-bond donors (Lipinski definition) is 0. The summed E-state index contributed by atoms with van der Waals surface area (Å²) in [5.41, 5.74) is 3.49. The third kappa shape index (κ3) is 5.82. The van der Waals surface area contributed by atoms with Crippen molar-refractivity contribution in [2.45, 2.75) is 31.3 Å². The Morgan fingerprint density at radius 2 is 1.73 bits per heavy atom. The number of ketones is 1. The maximum Gasteiger partial charge on any atom is 0.167 e. The smallest absolute Gasteiger partial charge is 0.167 e. The van der Waals surface area contributed by atoms with Crippen molar-refractivity contribution in [3.05, 3.63) is 95.2 Å². The lowest BCUT2D eigenvalue weighted by Crippen LogP contribution is -2.49. The molecule has 2 aliphatic heterocycles. The van der Waals surface area contributed by atoms with Gasteiger partial charge in [-0.15, -0.1) is 11.8 Å². The molecule has 0 N–H and O–H groups in total. The molecule has 1 aromatic heterocycles. The predicted molar refractivity (Wildman–Crippen MR) is 152 cm³/mol. The van der Waals surface area contributed by atoms with Gasteiger partial charge in [0.25, 0.3) is 0 Å². The summed E-state index contributed by atoms with van der Waals surface area (Å²) in [5, 5.41) is 0. The third-order valence-electron chi connectivity index (χ3n) is 7.19. The number of morpholine rings is 1. The summed E-state index contributed by atoms with van der Waals surface area (Å²) in [4.78, 5) is 24.9. The molecule has 2 fully saturated rings. The van der Waals surface area contributed by atoms with E-state index in [1.165, 1.54) is 10.5 Å². The van der Waals surface area contributed by atoms with Crippen LogP contribution >= 0.6 is 11.8 Å². The van der Waals surface area contributed by atoms with Gasteiger partial charge in [0.15, 0.2) is 5.78 Å². The van der Waals surface area contributed by atoms with Gasteiger partial charge in [0.2, 0.25) is 0 Å². The minimum atomic E-state index is -0.502. The highest BCUT2D eigenvalue weighted by Crippen LogP contribution is 2.42. The summed E-state index contributed by atoms with van der Waals surface area (Å²) in [5.74, 6) is 1.12. The van der Waals surface area contributed by atoms with Gasteiger partial charge in [-0.2, -0.15) is 0 Å². The SMILES string of the molecule is CSc1ccc(C2C(=Cc3cccc(N4CCOCC4)n3)C(=O)C(C)(C)CN2Cc2ccccc2)cc1. The number of piperidine rings is 1. The Kier molecular flexibility index (Phi) is 7.79. The average Bonchev–Trinajstić information content (AvgIpc) is 2.93. The van der Waals surface area contributed by atoms with E-state index in [9.17, 15) is 4.79 Å². The molecule has 0 saturated carbocycles. The molecule has 2 aliphatic rings. The lowest BCUT2D eigenvalue weighted by atomic mass is 9.74. The number of thioether (sulfide) groups is 1. The van der Waals surface area contributed by atoms with E-state index in [4.69, 9.17) is 9.72 Å². The molecule has 1 unspecified atom stereocenters. The van der Waals surface area contributed by atoms with Crippen LogP contribution in [-0.2, 0) is 16.1 Å². The second-order valence-corrected chi connectivity index (χ2v) is 11.3. The van der Waals surface area contributed by atoms with E-state index >= 15 is 0 Å². The minimum Gasteiger partial charge on any atom is -0.378 e. The average molecular weight is 514 g/mol. The quantitative estimate of drug-likeness (QED) is 0.303. The molecule has 5 nitrogen and oxygen atoms in total. The van der Waals surface area contributed by atoms with Gasteiger partial charge in [0, 0.05) is 42.1 Å². The van der Waals surface area contributed by atoms with E-state index in [0.717, 1.165) is 42.3 Å². The number of benzene rings is 2. The van der Waals surface area contributed by atoms with Crippen LogP contribution in [0.15, 0.2) is 83.3 Å². The van der Waals surface area contributed by atoms with Crippen LogP contribution in [0.4, 0.5) is 5.82 Å². The fourth-order valence-corrected chi connectivity index (χ4v) is 5.72. The lowest BCUT2D eigenvalue weighted by molar-refractivity contribution is -0.128. The first-order valence-electron chi connectivity index (χ1n) is 12.9.